The van der Waals surface area contributed by atoms with E-state index in [-0.39, 0.29) is 22.3 Å². The summed E-state index contributed by atoms with van der Waals surface area (Å²) in [5, 5.41) is 11.4. The van der Waals surface area contributed by atoms with Crippen LogP contribution < -0.4 is 10.1 Å². The number of ether oxygens (including phenoxy) is 1. The van der Waals surface area contributed by atoms with Crippen molar-refractivity contribution in [3.63, 3.8) is 0 Å². The number of carboxylic acid groups (broad SMARTS) is 1. The largest absolute Gasteiger partial charge is 0.482 e. The van der Waals surface area contributed by atoms with Crippen LogP contribution in [-0.4, -0.2) is 37.8 Å². The van der Waals surface area contributed by atoms with Gasteiger partial charge in [0.05, 0.1) is 22.3 Å². The van der Waals surface area contributed by atoms with Crippen LogP contribution in [0, 0.1) is 0 Å². The highest BCUT2D eigenvalue weighted by Gasteiger charge is 2.21. The molecule has 2 aromatic carbocycles. The third-order valence-corrected chi connectivity index (χ3v) is 5.72. The molecule has 27 heavy (non-hydrogen) atoms. The Labute approximate surface area is 157 Å². The zero-order valence-electron chi connectivity index (χ0n) is 15.0. The number of rotatable bonds is 8. The Morgan fingerprint density at radius 1 is 1.11 bits per heavy atom. The summed E-state index contributed by atoms with van der Waals surface area (Å²) in [7, 11) is -3.52. The van der Waals surface area contributed by atoms with Gasteiger partial charge in [0.15, 0.2) is 16.4 Å². The average molecular weight is 391 g/mol. The van der Waals surface area contributed by atoms with Gasteiger partial charge >= 0.3 is 5.97 Å². The Morgan fingerprint density at radius 2 is 1.74 bits per heavy atom. The van der Waals surface area contributed by atoms with E-state index in [0.717, 1.165) is 5.56 Å². The molecule has 0 aliphatic rings. The molecule has 144 valence electrons. The number of carbonyl (C=O) groups excluding carboxylic acids is 1. The van der Waals surface area contributed by atoms with Gasteiger partial charge in [0.2, 0.25) is 0 Å². The van der Waals surface area contributed by atoms with Crippen molar-refractivity contribution in [2.45, 2.75) is 24.8 Å². The highest BCUT2D eigenvalue weighted by atomic mass is 32.2. The van der Waals surface area contributed by atoms with Crippen molar-refractivity contribution in [3.05, 3.63) is 59.7 Å². The molecule has 1 atom stereocenters. The van der Waals surface area contributed by atoms with Crippen LogP contribution in [0.1, 0.15) is 35.8 Å². The van der Waals surface area contributed by atoms with Crippen LogP contribution in [0.3, 0.4) is 0 Å². The van der Waals surface area contributed by atoms with Crippen LogP contribution in [0.25, 0.3) is 0 Å². The first-order chi connectivity index (χ1) is 12.7. The minimum Gasteiger partial charge on any atom is -0.482 e. The minimum absolute atomic E-state index is 0.00891. The summed E-state index contributed by atoms with van der Waals surface area (Å²) in [4.78, 5) is 23.1. The monoisotopic (exact) mass is 391 g/mol. The molecule has 2 rings (SSSR count). The van der Waals surface area contributed by atoms with Crippen molar-refractivity contribution < 1.29 is 27.9 Å². The van der Waals surface area contributed by atoms with Gasteiger partial charge in [-0.05, 0) is 36.8 Å². The number of sulfone groups is 1. The minimum atomic E-state index is -3.52. The van der Waals surface area contributed by atoms with Crippen LogP contribution >= 0.6 is 0 Å². The topological polar surface area (TPSA) is 110 Å². The summed E-state index contributed by atoms with van der Waals surface area (Å²) in [6, 6.07) is 12.3. The lowest BCUT2D eigenvalue weighted by atomic mass is 10.1. The summed E-state index contributed by atoms with van der Waals surface area (Å²) in [5.41, 5.74) is 0.870. The predicted molar refractivity (Wildman–Crippen MR) is 99.6 cm³/mol. The van der Waals surface area contributed by atoms with Gasteiger partial charge in [0, 0.05) is 0 Å². The maximum atomic E-state index is 12.6. The van der Waals surface area contributed by atoms with Gasteiger partial charge in [-0.15, -0.1) is 0 Å². The van der Waals surface area contributed by atoms with Gasteiger partial charge in [0.25, 0.3) is 5.91 Å². The lowest BCUT2D eigenvalue weighted by Gasteiger charge is -2.16. The number of amides is 1. The summed E-state index contributed by atoms with van der Waals surface area (Å²) in [6.45, 7) is 2.86. The van der Waals surface area contributed by atoms with E-state index >= 15 is 0 Å². The van der Waals surface area contributed by atoms with Gasteiger partial charge in [-0.25, -0.2) is 13.2 Å². The van der Waals surface area contributed by atoms with Crippen LogP contribution in [0.15, 0.2) is 53.4 Å². The Morgan fingerprint density at radius 3 is 2.33 bits per heavy atom. The van der Waals surface area contributed by atoms with E-state index in [9.17, 15) is 18.0 Å². The number of carbonyl (C=O) groups is 2. The third kappa shape index (κ3) is 5.30. The van der Waals surface area contributed by atoms with Crippen molar-refractivity contribution in [1.29, 1.82) is 0 Å². The van der Waals surface area contributed by atoms with E-state index in [1.165, 1.54) is 19.1 Å². The van der Waals surface area contributed by atoms with E-state index in [2.05, 4.69) is 5.32 Å². The molecular formula is C19H21NO6S. The Bertz CT molecular complexity index is 921. The van der Waals surface area contributed by atoms with Crippen molar-refractivity contribution >= 4 is 21.7 Å². The summed E-state index contributed by atoms with van der Waals surface area (Å²) in [6.07, 6.45) is 0. The molecule has 0 heterocycles. The van der Waals surface area contributed by atoms with Gasteiger partial charge in [-0.1, -0.05) is 31.2 Å². The standard InChI is InChI=1S/C19H21NO6S/c1-3-27(24,25)17-7-5-4-6-16(17)19(23)20-13(2)14-8-10-15(11-9-14)26-12-18(21)22/h4-11,13H,3,12H2,1-2H3,(H,20,23)(H,21,22). The SMILES string of the molecule is CCS(=O)(=O)c1ccccc1C(=O)NC(C)c1ccc(OCC(=O)O)cc1. The first-order valence-electron chi connectivity index (χ1n) is 8.31. The zero-order chi connectivity index (χ0) is 20.0. The van der Waals surface area contributed by atoms with Crippen LogP contribution in [0.2, 0.25) is 0 Å². The van der Waals surface area contributed by atoms with Crippen LogP contribution in [0.5, 0.6) is 5.75 Å². The Hall–Kier alpha value is -2.87. The molecule has 0 spiro atoms. The van der Waals surface area contributed by atoms with E-state index < -0.39 is 28.3 Å². The normalized spacial score (nSPS) is 12.2. The van der Waals surface area contributed by atoms with Crippen molar-refractivity contribution in [2.24, 2.45) is 0 Å². The number of benzene rings is 2. The molecule has 2 aromatic rings. The van der Waals surface area contributed by atoms with Gasteiger partial charge in [0.1, 0.15) is 5.75 Å². The maximum absolute atomic E-state index is 12.6. The molecule has 0 saturated carbocycles. The molecule has 0 radical (unpaired) electrons. The Balaban J connectivity index is 2.13. The molecule has 1 amide bonds. The van der Waals surface area contributed by atoms with E-state index in [1.54, 1.807) is 43.3 Å². The summed E-state index contributed by atoms with van der Waals surface area (Å²) in [5.74, 6) is -1.24. The lowest BCUT2D eigenvalue weighted by molar-refractivity contribution is -0.139. The number of carboxylic acids is 1. The third-order valence-electron chi connectivity index (χ3n) is 3.94. The average Bonchev–Trinajstić information content (AvgIpc) is 2.66. The molecule has 0 saturated heterocycles. The molecule has 8 heteroatoms. The van der Waals surface area contributed by atoms with Crippen molar-refractivity contribution in [3.8, 4) is 5.75 Å². The maximum Gasteiger partial charge on any atom is 0.341 e. The molecular weight excluding hydrogens is 370 g/mol. The first kappa shape index (κ1) is 20.4. The molecule has 0 aliphatic carbocycles. The molecule has 0 aliphatic heterocycles. The van der Waals surface area contributed by atoms with E-state index in [0.29, 0.717) is 5.75 Å². The molecule has 0 fully saturated rings. The number of hydrogen-bond acceptors (Lipinski definition) is 5. The van der Waals surface area contributed by atoms with Gasteiger partial charge in [-0.3, -0.25) is 4.79 Å². The second-order valence-corrected chi connectivity index (χ2v) is 8.09. The zero-order valence-corrected chi connectivity index (χ0v) is 15.8. The first-order valence-corrected chi connectivity index (χ1v) is 9.97. The molecule has 2 N–H and O–H groups in total. The smallest absolute Gasteiger partial charge is 0.341 e. The molecule has 0 bridgehead atoms. The van der Waals surface area contributed by atoms with Gasteiger partial charge < -0.3 is 15.2 Å². The fourth-order valence-electron chi connectivity index (χ4n) is 2.44. The van der Waals surface area contributed by atoms with Crippen LogP contribution in [-0.2, 0) is 14.6 Å². The van der Waals surface area contributed by atoms with Gasteiger partial charge in [-0.2, -0.15) is 0 Å². The number of nitrogens with one attached hydrogen (secondary N) is 1. The van der Waals surface area contributed by atoms with Crippen LogP contribution in [0.4, 0.5) is 0 Å². The quantitative estimate of drug-likeness (QED) is 0.715. The molecule has 0 aromatic heterocycles. The highest BCUT2D eigenvalue weighted by Crippen LogP contribution is 2.21. The molecule has 1 unspecified atom stereocenters. The van der Waals surface area contributed by atoms with E-state index in [4.69, 9.17) is 9.84 Å². The second kappa shape index (κ2) is 8.68. The summed E-state index contributed by atoms with van der Waals surface area (Å²) >= 11 is 0. The second-order valence-electron chi connectivity index (χ2n) is 5.85. The van der Waals surface area contributed by atoms with Crippen molar-refractivity contribution in [1.82, 2.24) is 5.32 Å². The fourth-order valence-corrected chi connectivity index (χ4v) is 3.53. The summed E-state index contributed by atoms with van der Waals surface area (Å²) < 4.78 is 29.5. The number of hydrogen-bond donors (Lipinski definition) is 2. The van der Waals surface area contributed by atoms with E-state index in [1.807, 2.05) is 0 Å². The van der Waals surface area contributed by atoms with Crippen molar-refractivity contribution in [2.75, 3.05) is 12.4 Å². The molecule has 7 nitrogen and oxygen atoms in total. The predicted octanol–water partition coefficient (Wildman–Crippen LogP) is 2.43. The number of aliphatic carboxylic acids is 1. The lowest BCUT2D eigenvalue weighted by Crippen LogP contribution is -2.28. The fraction of sp³-hybridized carbons (Fsp3) is 0.263. The highest BCUT2D eigenvalue weighted by molar-refractivity contribution is 7.91. The Kier molecular flexibility index (Phi) is 6.57.